The summed E-state index contributed by atoms with van der Waals surface area (Å²) in [6.45, 7) is 7.84. The molecule has 0 bridgehead atoms. The van der Waals surface area contributed by atoms with Gasteiger partial charge < -0.3 is 15.2 Å². The number of ether oxygens (including phenoxy) is 1. The number of aliphatic hydroxyl groups is 1. The number of nitrogens with zero attached hydrogens (tertiary/aromatic N) is 1. The fourth-order valence-electron chi connectivity index (χ4n) is 2.07. The van der Waals surface area contributed by atoms with E-state index >= 15 is 0 Å². The largest absolute Gasteiger partial charge is 0.394 e. The summed E-state index contributed by atoms with van der Waals surface area (Å²) in [5.74, 6) is 0. The quantitative estimate of drug-likeness (QED) is 0.591. The van der Waals surface area contributed by atoms with E-state index in [1.807, 2.05) is 0 Å². The van der Waals surface area contributed by atoms with E-state index < -0.39 is 0 Å². The lowest BCUT2D eigenvalue weighted by Crippen LogP contribution is -2.46. The Morgan fingerprint density at radius 2 is 2.33 bits per heavy atom. The maximum atomic E-state index is 8.57. The number of aliphatic hydroxyl groups excluding tert-OH is 1. The first-order valence-electron chi connectivity index (χ1n) is 6.01. The molecule has 4 heteroatoms. The highest BCUT2D eigenvalue weighted by Gasteiger charge is 2.18. The van der Waals surface area contributed by atoms with Crippen LogP contribution in [-0.2, 0) is 4.74 Å². The molecular weight excluding hydrogens is 192 g/mol. The van der Waals surface area contributed by atoms with Gasteiger partial charge in [0.1, 0.15) is 0 Å². The average molecular weight is 216 g/mol. The first-order chi connectivity index (χ1) is 7.36. The molecule has 1 unspecified atom stereocenters. The Kier molecular flexibility index (Phi) is 6.92. The molecule has 1 rings (SSSR count). The van der Waals surface area contributed by atoms with E-state index in [1.165, 1.54) is 19.4 Å². The lowest BCUT2D eigenvalue weighted by Gasteiger charge is -2.32. The van der Waals surface area contributed by atoms with Gasteiger partial charge in [0.15, 0.2) is 0 Å². The molecule has 1 aliphatic rings. The van der Waals surface area contributed by atoms with Crippen LogP contribution in [0.4, 0.5) is 0 Å². The topological polar surface area (TPSA) is 44.7 Å². The molecule has 0 amide bonds. The molecule has 90 valence electrons. The first-order valence-corrected chi connectivity index (χ1v) is 6.01. The molecule has 1 saturated heterocycles. The second-order valence-electron chi connectivity index (χ2n) is 4.03. The summed E-state index contributed by atoms with van der Waals surface area (Å²) in [7, 11) is 0. The Morgan fingerprint density at radius 1 is 1.47 bits per heavy atom. The standard InChI is InChI=1S/C11H24N2O2/c1-2-12-11-4-3-5-13(10-11)6-8-15-9-7-14/h11-12,14H,2-10H2,1H3. The zero-order valence-corrected chi connectivity index (χ0v) is 9.74. The van der Waals surface area contributed by atoms with Gasteiger partial charge in [0.25, 0.3) is 0 Å². The van der Waals surface area contributed by atoms with Gasteiger partial charge in [-0.2, -0.15) is 0 Å². The van der Waals surface area contributed by atoms with Crippen molar-refractivity contribution in [2.24, 2.45) is 0 Å². The SMILES string of the molecule is CCNC1CCCN(CCOCCO)C1. The minimum Gasteiger partial charge on any atom is -0.394 e. The van der Waals surface area contributed by atoms with Crippen molar-refractivity contribution in [3.8, 4) is 0 Å². The Hall–Kier alpha value is -0.160. The smallest absolute Gasteiger partial charge is 0.0698 e. The molecule has 1 heterocycles. The van der Waals surface area contributed by atoms with Crippen molar-refractivity contribution in [3.05, 3.63) is 0 Å². The summed E-state index contributed by atoms with van der Waals surface area (Å²) in [5.41, 5.74) is 0. The molecule has 0 aromatic carbocycles. The van der Waals surface area contributed by atoms with E-state index in [1.54, 1.807) is 0 Å². The van der Waals surface area contributed by atoms with Crippen LogP contribution in [0.25, 0.3) is 0 Å². The van der Waals surface area contributed by atoms with E-state index in [9.17, 15) is 0 Å². The number of piperidine rings is 1. The predicted molar refractivity (Wildman–Crippen MR) is 61.0 cm³/mol. The summed E-state index contributed by atoms with van der Waals surface area (Å²) < 4.78 is 5.27. The molecule has 0 saturated carbocycles. The lowest BCUT2D eigenvalue weighted by atomic mass is 10.1. The Morgan fingerprint density at radius 3 is 3.07 bits per heavy atom. The molecule has 1 aliphatic heterocycles. The summed E-state index contributed by atoms with van der Waals surface area (Å²) in [6, 6.07) is 0.654. The Bertz CT molecular complexity index is 154. The molecule has 0 radical (unpaired) electrons. The van der Waals surface area contributed by atoms with Gasteiger partial charge in [-0.25, -0.2) is 0 Å². The molecule has 15 heavy (non-hydrogen) atoms. The van der Waals surface area contributed by atoms with Crippen LogP contribution in [0, 0.1) is 0 Å². The zero-order chi connectivity index (χ0) is 10.9. The zero-order valence-electron chi connectivity index (χ0n) is 9.74. The minimum absolute atomic E-state index is 0.125. The molecule has 4 nitrogen and oxygen atoms in total. The highest BCUT2D eigenvalue weighted by Crippen LogP contribution is 2.09. The van der Waals surface area contributed by atoms with Crippen molar-refractivity contribution in [3.63, 3.8) is 0 Å². The third-order valence-electron chi connectivity index (χ3n) is 2.79. The van der Waals surface area contributed by atoms with Crippen LogP contribution >= 0.6 is 0 Å². The third-order valence-corrected chi connectivity index (χ3v) is 2.79. The van der Waals surface area contributed by atoms with Crippen molar-refractivity contribution < 1.29 is 9.84 Å². The monoisotopic (exact) mass is 216 g/mol. The van der Waals surface area contributed by atoms with Crippen molar-refractivity contribution >= 4 is 0 Å². The second kappa shape index (κ2) is 8.05. The van der Waals surface area contributed by atoms with Crippen molar-refractivity contribution in [2.75, 3.05) is 46.0 Å². The Labute approximate surface area is 92.6 Å². The third kappa shape index (κ3) is 5.47. The molecule has 1 atom stereocenters. The average Bonchev–Trinajstić information content (AvgIpc) is 2.26. The van der Waals surface area contributed by atoms with Crippen molar-refractivity contribution in [2.45, 2.75) is 25.8 Å². The highest BCUT2D eigenvalue weighted by molar-refractivity contribution is 4.77. The molecular formula is C11H24N2O2. The number of hydrogen-bond acceptors (Lipinski definition) is 4. The van der Waals surface area contributed by atoms with Gasteiger partial charge in [0, 0.05) is 19.1 Å². The summed E-state index contributed by atoms with van der Waals surface area (Å²) in [6.07, 6.45) is 2.57. The molecule has 2 N–H and O–H groups in total. The molecule has 0 aromatic heterocycles. The van der Waals surface area contributed by atoms with Crippen LogP contribution < -0.4 is 5.32 Å². The van der Waals surface area contributed by atoms with Crippen LogP contribution in [0.5, 0.6) is 0 Å². The Balaban J connectivity index is 2.07. The van der Waals surface area contributed by atoms with Crippen LogP contribution in [0.2, 0.25) is 0 Å². The second-order valence-corrected chi connectivity index (χ2v) is 4.03. The van der Waals surface area contributed by atoms with E-state index in [-0.39, 0.29) is 6.61 Å². The van der Waals surface area contributed by atoms with Gasteiger partial charge in [0.05, 0.1) is 19.8 Å². The number of likely N-dealkylation sites (tertiary alicyclic amines) is 1. The van der Waals surface area contributed by atoms with Gasteiger partial charge in [-0.15, -0.1) is 0 Å². The first kappa shape index (κ1) is 12.9. The molecule has 0 aliphatic carbocycles. The molecule has 1 fully saturated rings. The molecule has 0 spiro atoms. The maximum Gasteiger partial charge on any atom is 0.0698 e. The fraction of sp³-hybridized carbons (Fsp3) is 1.00. The van der Waals surface area contributed by atoms with Crippen LogP contribution in [0.1, 0.15) is 19.8 Å². The van der Waals surface area contributed by atoms with Crippen LogP contribution in [0.15, 0.2) is 0 Å². The van der Waals surface area contributed by atoms with E-state index in [0.29, 0.717) is 12.6 Å². The number of likely N-dealkylation sites (N-methyl/N-ethyl adjacent to an activating group) is 1. The van der Waals surface area contributed by atoms with E-state index in [0.717, 1.165) is 26.2 Å². The number of rotatable bonds is 7. The van der Waals surface area contributed by atoms with E-state index in [2.05, 4.69) is 17.1 Å². The number of hydrogen-bond donors (Lipinski definition) is 2. The normalized spacial score (nSPS) is 23.2. The summed E-state index contributed by atoms with van der Waals surface area (Å²) in [4.78, 5) is 2.44. The van der Waals surface area contributed by atoms with Gasteiger partial charge in [-0.05, 0) is 25.9 Å². The molecule has 0 aromatic rings. The fourth-order valence-corrected chi connectivity index (χ4v) is 2.07. The van der Waals surface area contributed by atoms with Crippen molar-refractivity contribution in [1.29, 1.82) is 0 Å². The van der Waals surface area contributed by atoms with Crippen molar-refractivity contribution in [1.82, 2.24) is 10.2 Å². The van der Waals surface area contributed by atoms with Crippen LogP contribution in [0.3, 0.4) is 0 Å². The van der Waals surface area contributed by atoms with Gasteiger partial charge in [-0.3, -0.25) is 4.90 Å². The predicted octanol–water partition coefficient (Wildman–Crippen LogP) is 0.0692. The summed E-state index contributed by atoms with van der Waals surface area (Å²) >= 11 is 0. The van der Waals surface area contributed by atoms with E-state index in [4.69, 9.17) is 9.84 Å². The maximum absolute atomic E-state index is 8.57. The van der Waals surface area contributed by atoms with Gasteiger partial charge >= 0.3 is 0 Å². The highest BCUT2D eigenvalue weighted by atomic mass is 16.5. The van der Waals surface area contributed by atoms with Gasteiger partial charge in [-0.1, -0.05) is 6.92 Å². The minimum atomic E-state index is 0.125. The number of nitrogens with one attached hydrogen (secondary N) is 1. The van der Waals surface area contributed by atoms with Crippen LogP contribution in [-0.4, -0.2) is 62.0 Å². The lowest BCUT2D eigenvalue weighted by molar-refractivity contribution is 0.0657. The summed E-state index contributed by atoms with van der Waals surface area (Å²) in [5, 5.41) is 12.1. The van der Waals surface area contributed by atoms with Gasteiger partial charge in [0.2, 0.25) is 0 Å².